The van der Waals surface area contributed by atoms with E-state index in [4.69, 9.17) is 4.74 Å². The van der Waals surface area contributed by atoms with Gasteiger partial charge in [0.1, 0.15) is 5.82 Å². The topological polar surface area (TPSA) is 102 Å². The zero-order valence-electron chi connectivity index (χ0n) is 15.7. The molecule has 0 radical (unpaired) electrons. The first-order valence-corrected chi connectivity index (χ1v) is 10.0. The van der Waals surface area contributed by atoms with E-state index in [0.29, 0.717) is 6.54 Å². The van der Waals surface area contributed by atoms with Gasteiger partial charge in [0.25, 0.3) is 15.9 Å². The molecule has 2 rings (SSSR count). The van der Waals surface area contributed by atoms with E-state index in [1.807, 2.05) is 0 Å². The van der Waals surface area contributed by atoms with Gasteiger partial charge in [0.2, 0.25) is 0 Å². The number of sulfonamides is 1. The van der Waals surface area contributed by atoms with E-state index in [1.165, 1.54) is 32.0 Å². The van der Waals surface area contributed by atoms with E-state index in [1.54, 1.807) is 13.0 Å². The number of hydrogen-bond donors (Lipinski definition) is 2. The van der Waals surface area contributed by atoms with Gasteiger partial charge in [-0.2, -0.15) is 0 Å². The number of ether oxygens (including phenoxy) is 1. The normalized spacial score (nSPS) is 12.1. The maximum atomic E-state index is 13.3. The van der Waals surface area contributed by atoms with Crippen molar-refractivity contribution >= 4 is 27.6 Å². The Morgan fingerprint density at radius 1 is 1.18 bits per heavy atom. The number of aryl methyl sites for hydroxylation is 1. The molecule has 1 atom stereocenters. The van der Waals surface area contributed by atoms with Gasteiger partial charge >= 0.3 is 5.97 Å². The number of esters is 1. The van der Waals surface area contributed by atoms with Gasteiger partial charge in [-0.05, 0) is 56.7 Å². The lowest BCUT2D eigenvalue weighted by molar-refractivity contribution is -0.128. The van der Waals surface area contributed by atoms with E-state index >= 15 is 0 Å². The maximum Gasteiger partial charge on any atom is 0.341 e. The zero-order valence-corrected chi connectivity index (χ0v) is 16.5. The zero-order chi connectivity index (χ0) is 20.9. The summed E-state index contributed by atoms with van der Waals surface area (Å²) >= 11 is 0. The molecule has 0 aliphatic heterocycles. The highest BCUT2D eigenvalue weighted by Gasteiger charge is 2.23. The SMILES string of the molecule is CCNC(=O)[C@@H](C)OC(=O)c1ccccc1NS(=O)(=O)c1ccc(F)cc1C. The van der Waals surface area contributed by atoms with Crippen molar-refractivity contribution in [3.8, 4) is 0 Å². The Kier molecular flexibility index (Phi) is 6.74. The molecule has 1 amide bonds. The minimum atomic E-state index is -4.07. The molecule has 0 bridgehead atoms. The lowest BCUT2D eigenvalue weighted by Crippen LogP contribution is -2.35. The van der Waals surface area contributed by atoms with Crippen molar-refractivity contribution in [2.45, 2.75) is 31.8 Å². The van der Waals surface area contributed by atoms with Crippen LogP contribution in [0.5, 0.6) is 0 Å². The van der Waals surface area contributed by atoms with Crippen molar-refractivity contribution in [1.82, 2.24) is 5.32 Å². The molecule has 0 unspecified atom stereocenters. The number of halogens is 1. The summed E-state index contributed by atoms with van der Waals surface area (Å²) < 4.78 is 46.0. The lowest BCUT2D eigenvalue weighted by Gasteiger charge is -2.16. The number of carbonyl (C=O) groups excluding carboxylic acids is 2. The van der Waals surface area contributed by atoms with Crippen LogP contribution in [0.15, 0.2) is 47.4 Å². The fraction of sp³-hybridized carbons (Fsp3) is 0.263. The lowest BCUT2D eigenvalue weighted by atomic mass is 10.2. The molecule has 150 valence electrons. The largest absolute Gasteiger partial charge is 0.449 e. The van der Waals surface area contributed by atoms with Crippen LogP contribution in [-0.2, 0) is 19.6 Å². The van der Waals surface area contributed by atoms with Gasteiger partial charge in [-0.15, -0.1) is 0 Å². The highest BCUT2D eigenvalue weighted by Crippen LogP contribution is 2.23. The molecule has 28 heavy (non-hydrogen) atoms. The third-order valence-electron chi connectivity index (χ3n) is 3.82. The highest BCUT2D eigenvalue weighted by molar-refractivity contribution is 7.92. The average molecular weight is 408 g/mol. The second-order valence-corrected chi connectivity index (χ2v) is 7.65. The van der Waals surface area contributed by atoms with E-state index in [-0.39, 0.29) is 21.7 Å². The van der Waals surface area contributed by atoms with Crippen LogP contribution in [0.1, 0.15) is 29.8 Å². The fourth-order valence-corrected chi connectivity index (χ4v) is 3.77. The van der Waals surface area contributed by atoms with Gasteiger partial charge in [-0.1, -0.05) is 12.1 Å². The van der Waals surface area contributed by atoms with Gasteiger partial charge in [-0.3, -0.25) is 9.52 Å². The summed E-state index contributed by atoms with van der Waals surface area (Å²) in [6.07, 6.45) is -1.04. The number of benzene rings is 2. The fourth-order valence-electron chi connectivity index (χ4n) is 2.46. The molecule has 0 aliphatic rings. The van der Waals surface area contributed by atoms with Crippen molar-refractivity contribution in [2.24, 2.45) is 0 Å². The van der Waals surface area contributed by atoms with Gasteiger partial charge in [0.05, 0.1) is 16.1 Å². The number of amides is 1. The molecule has 2 N–H and O–H groups in total. The average Bonchev–Trinajstić information content (AvgIpc) is 2.61. The van der Waals surface area contributed by atoms with Crippen LogP contribution in [0.25, 0.3) is 0 Å². The van der Waals surface area contributed by atoms with Gasteiger partial charge < -0.3 is 10.1 Å². The van der Waals surface area contributed by atoms with E-state index in [2.05, 4.69) is 10.0 Å². The molecule has 2 aromatic carbocycles. The van der Waals surface area contributed by atoms with Crippen LogP contribution in [0.3, 0.4) is 0 Å². The van der Waals surface area contributed by atoms with Crippen LogP contribution in [0.4, 0.5) is 10.1 Å². The molecule has 7 nitrogen and oxygen atoms in total. The third-order valence-corrected chi connectivity index (χ3v) is 5.35. The molecule has 0 fully saturated rings. The molecule has 0 saturated heterocycles. The summed E-state index contributed by atoms with van der Waals surface area (Å²) in [4.78, 5) is 24.1. The Morgan fingerprint density at radius 2 is 1.86 bits per heavy atom. The Morgan fingerprint density at radius 3 is 2.50 bits per heavy atom. The second-order valence-electron chi connectivity index (χ2n) is 6.00. The number of carbonyl (C=O) groups is 2. The molecule has 0 saturated carbocycles. The Balaban J connectivity index is 2.28. The summed E-state index contributed by atoms with van der Waals surface area (Å²) in [7, 11) is -4.07. The quantitative estimate of drug-likeness (QED) is 0.686. The minimum absolute atomic E-state index is 0.0145. The van der Waals surface area contributed by atoms with Crippen LogP contribution in [-0.4, -0.2) is 32.9 Å². The molecule has 9 heteroatoms. The van der Waals surface area contributed by atoms with E-state index < -0.39 is 33.8 Å². The first-order chi connectivity index (χ1) is 13.2. The number of hydrogen-bond acceptors (Lipinski definition) is 5. The van der Waals surface area contributed by atoms with Crippen molar-refractivity contribution in [3.05, 3.63) is 59.4 Å². The molecular weight excluding hydrogens is 387 g/mol. The summed E-state index contributed by atoms with van der Waals surface area (Å²) in [5.41, 5.74) is 0.152. The maximum absolute atomic E-state index is 13.3. The Bertz CT molecular complexity index is 992. The molecule has 0 heterocycles. The predicted octanol–water partition coefficient (Wildman–Crippen LogP) is 2.62. The molecule has 0 aromatic heterocycles. The minimum Gasteiger partial charge on any atom is -0.449 e. The number of likely N-dealkylation sites (N-methyl/N-ethyl adjacent to an activating group) is 1. The van der Waals surface area contributed by atoms with Gasteiger partial charge in [-0.25, -0.2) is 17.6 Å². The third kappa shape index (κ3) is 5.07. The van der Waals surface area contributed by atoms with Crippen LogP contribution in [0.2, 0.25) is 0 Å². The molecule has 0 spiro atoms. The smallest absolute Gasteiger partial charge is 0.341 e. The van der Waals surface area contributed by atoms with Crippen molar-refractivity contribution in [2.75, 3.05) is 11.3 Å². The first-order valence-electron chi connectivity index (χ1n) is 8.52. The first kappa shape index (κ1) is 21.4. The standard InChI is InChI=1S/C19H21FN2O5S/c1-4-21-18(23)13(3)27-19(24)15-7-5-6-8-16(15)22-28(25,26)17-10-9-14(20)11-12(17)2/h5-11,13,22H,4H2,1-3H3,(H,21,23)/t13-/m1/s1. The summed E-state index contributed by atoms with van der Waals surface area (Å²) in [6, 6.07) is 9.13. The Hall–Kier alpha value is -2.94. The predicted molar refractivity (Wildman–Crippen MR) is 102 cm³/mol. The van der Waals surface area contributed by atoms with Crippen molar-refractivity contribution in [1.29, 1.82) is 0 Å². The van der Waals surface area contributed by atoms with Crippen molar-refractivity contribution < 1.29 is 27.1 Å². The van der Waals surface area contributed by atoms with E-state index in [9.17, 15) is 22.4 Å². The number of para-hydroxylation sites is 1. The van der Waals surface area contributed by atoms with Gasteiger partial charge in [0, 0.05) is 6.54 Å². The number of nitrogens with one attached hydrogen (secondary N) is 2. The van der Waals surface area contributed by atoms with E-state index in [0.717, 1.165) is 18.2 Å². The van der Waals surface area contributed by atoms with Gasteiger partial charge in [0.15, 0.2) is 6.10 Å². The number of rotatable bonds is 7. The van der Waals surface area contributed by atoms with Crippen LogP contribution < -0.4 is 10.0 Å². The number of anilines is 1. The summed E-state index contributed by atoms with van der Waals surface area (Å²) in [5.74, 6) is -1.87. The summed E-state index contributed by atoms with van der Waals surface area (Å²) in [5, 5.41) is 2.53. The molecule has 2 aromatic rings. The summed E-state index contributed by atoms with van der Waals surface area (Å²) in [6.45, 7) is 4.99. The molecule has 0 aliphatic carbocycles. The van der Waals surface area contributed by atoms with Crippen LogP contribution >= 0.6 is 0 Å². The Labute approximate surface area is 163 Å². The molecular formula is C19H21FN2O5S. The van der Waals surface area contributed by atoms with Crippen molar-refractivity contribution in [3.63, 3.8) is 0 Å². The van der Waals surface area contributed by atoms with Crippen LogP contribution in [0, 0.1) is 12.7 Å². The monoisotopic (exact) mass is 408 g/mol. The second kappa shape index (κ2) is 8.83. The highest BCUT2D eigenvalue weighted by atomic mass is 32.2.